The standard InChI is InChI=1S/C17H28O4/c1-13-11-16(20-2)17(21-3)12-14(13)15(19)9-7-5-4-6-8-10-18/h11-12,15,18-19H,4-10H2,1-3H3. The van der Waals surface area contributed by atoms with Crippen LogP contribution in [0, 0.1) is 6.92 Å². The maximum Gasteiger partial charge on any atom is 0.161 e. The van der Waals surface area contributed by atoms with Crippen LogP contribution in [-0.4, -0.2) is 31.0 Å². The number of aliphatic hydroxyl groups excluding tert-OH is 2. The number of unbranched alkanes of at least 4 members (excludes halogenated alkanes) is 4. The first-order chi connectivity index (χ1) is 10.1. The minimum Gasteiger partial charge on any atom is -0.493 e. The predicted molar refractivity (Wildman–Crippen MR) is 84.0 cm³/mol. The molecule has 0 amide bonds. The van der Waals surface area contributed by atoms with Crippen molar-refractivity contribution in [1.82, 2.24) is 0 Å². The fourth-order valence-electron chi connectivity index (χ4n) is 2.49. The Labute approximate surface area is 127 Å². The molecule has 1 aromatic carbocycles. The number of methoxy groups -OCH3 is 2. The van der Waals surface area contributed by atoms with E-state index in [1.165, 1.54) is 0 Å². The highest BCUT2D eigenvalue weighted by atomic mass is 16.5. The van der Waals surface area contributed by atoms with Crippen molar-refractivity contribution >= 4 is 0 Å². The average Bonchev–Trinajstić information content (AvgIpc) is 2.50. The van der Waals surface area contributed by atoms with Gasteiger partial charge in [0.05, 0.1) is 20.3 Å². The molecule has 0 aliphatic carbocycles. The minimum atomic E-state index is -0.470. The van der Waals surface area contributed by atoms with Crippen LogP contribution in [0.2, 0.25) is 0 Å². The zero-order valence-corrected chi connectivity index (χ0v) is 13.4. The maximum atomic E-state index is 10.4. The molecule has 0 spiro atoms. The second-order valence-electron chi connectivity index (χ2n) is 5.36. The molecule has 0 aromatic heterocycles. The molecule has 1 unspecified atom stereocenters. The van der Waals surface area contributed by atoms with Crippen molar-refractivity contribution in [2.45, 2.75) is 51.6 Å². The third kappa shape index (κ3) is 5.56. The van der Waals surface area contributed by atoms with Gasteiger partial charge in [0, 0.05) is 6.61 Å². The Balaban J connectivity index is 2.55. The first kappa shape index (κ1) is 17.8. The molecular weight excluding hydrogens is 268 g/mol. The molecule has 0 radical (unpaired) electrons. The number of benzene rings is 1. The summed E-state index contributed by atoms with van der Waals surface area (Å²) in [6.45, 7) is 2.25. The molecule has 4 nitrogen and oxygen atoms in total. The van der Waals surface area contributed by atoms with Gasteiger partial charge in [-0.25, -0.2) is 0 Å². The Kier molecular flexibility index (Phi) is 8.16. The molecule has 1 rings (SSSR count). The molecule has 0 aliphatic rings. The van der Waals surface area contributed by atoms with Gasteiger partial charge in [0.15, 0.2) is 11.5 Å². The number of ether oxygens (including phenoxy) is 2. The van der Waals surface area contributed by atoms with Crippen molar-refractivity contribution in [2.75, 3.05) is 20.8 Å². The van der Waals surface area contributed by atoms with E-state index in [0.717, 1.165) is 49.7 Å². The van der Waals surface area contributed by atoms with Crippen LogP contribution >= 0.6 is 0 Å². The SMILES string of the molecule is COc1cc(C)c(C(O)CCCCCCCO)cc1OC. The Morgan fingerprint density at radius 2 is 1.52 bits per heavy atom. The quantitative estimate of drug-likeness (QED) is 0.650. The van der Waals surface area contributed by atoms with E-state index < -0.39 is 6.10 Å². The van der Waals surface area contributed by atoms with Crippen molar-refractivity contribution in [2.24, 2.45) is 0 Å². The predicted octanol–water partition coefficient (Wildman–Crippen LogP) is 3.38. The molecule has 0 saturated heterocycles. The monoisotopic (exact) mass is 296 g/mol. The fourth-order valence-corrected chi connectivity index (χ4v) is 2.49. The van der Waals surface area contributed by atoms with Crippen molar-refractivity contribution < 1.29 is 19.7 Å². The van der Waals surface area contributed by atoms with Crippen LogP contribution in [-0.2, 0) is 0 Å². The molecule has 0 aliphatic heterocycles. The summed E-state index contributed by atoms with van der Waals surface area (Å²) >= 11 is 0. The van der Waals surface area contributed by atoms with E-state index in [9.17, 15) is 5.11 Å². The molecular formula is C17H28O4. The van der Waals surface area contributed by atoms with Crippen LogP contribution in [0.15, 0.2) is 12.1 Å². The van der Waals surface area contributed by atoms with Gasteiger partial charge < -0.3 is 19.7 Å². The normalized spacial score (nSPS) is 12.2. The molecule has 4 heteroatoms. The van der Waals surface area contributed by atoms with Crippen molar-refractivity contribution in [3.8, 4) is 11.5 Å². The van der Waals surface area contributed by atoms with E-state index in [4.69, 9.17) is 14.6 Å². The Bertz CT molecular complexity index is 417. The lowest BCUT2D eigenvalue weighted by Crippen LogP contribution is -2.02. The summed E-state index contributed by atoms with van der Waals surface area (Å²) in [5.74, 6) is 1.34. The van der Waals surface area contributed by atoms with E-state index in [1.807, 2.05) is 19.1 Å². The first-order valence-corrected chi connectivity index (χ1v) is 7.65. The van der Waals surface area contributed by atoms with Gasteiger partial charge in [0.2, 0.25) is 0 Å². The molecule has 120 valence electrons. The summed E-state index contributed by atoms with van der Waals surface area (Å²) in [4.78, 5) is 0. The van der Waals surface area contributed by atoms with Crippen molar-refractivity contribution in [1.29, 1.82) is 0 Å². The Hall–Kier alpha value is -1.26. The van der Waals surface area contributed by atoms with E-state index in [0.29, 0.717) is 11.5 Å². The number of rotatable bonds is 10. The largest absolute Gasteiger partial charge is 0.493 e. The third-order valence-electron chi connectivity index (χ3n) is 3.77. The lowest BCUT2D eigenvalue weighted by atomic mass is 9.97. The summed E-state index contributed by atoms with van der Waals surface area (Å²) < 4.78 is 10.6. The van der Waals surface area contributed by atoms with Gasteiger partial charge in [-0.05, 0) is 43.0 Å². The van der Waals surface area contributed by atoms with Gasteiger partial charge in [-0.3, -0.25) is 0 Å². The van der Waals surface area contributed by atoms with Crippen LogP contribution in [0.4, 0.5) is 0 Å². The summed E-state index contributed by atoms with van der Waals surface area (Å²) in [5.41, 5.74) is 1.92. The first-order valence-electron chi connectivity index (χ1n) is 7.65. The van der Waals surface area contributed by atoms with Gasteiger partial charge in [-0.15, -0.1) is 0 Å². The summed E-state index contributed by atoms with van der Waals surface area (Å²) in [5, 5.41) is 19.1. The number of aryl methyl sites for hydroxylation is 1. The highest BCUT2D eigenvalue weighted by Crippen LogP contribution is 2.34. The van der Waals surface area contributed by atoms with Crippen LogP contribution < -0.4 is 9.47 Å². The second-order valence-corrected chi connectivity index (χ2v) is 5.36. The van der Waals surface area contributed by atoms with Gasteiger partial charge in [0.1, 0.15) is 0 Å². The minimum absolute atomic E-state index is 0.271. The van der Waals surface area contributed by atoms with E-state index in [2.05, 4.69) is 0 Å². The number of hydrogen-bond donors (Lipinski definition) is 2. The molecule has 1 atom stereocenters. The van der Waals surface area contributed by atoms with E-state index >= 15 is 0 Å². The summed E-state index contributed by atoms with van der Waals surface area (Å²) in [6.07, 6.45) is 5.39. The highest BCUT2D eigenvalue weighted by molar-refractivity contribution is 5.47. The van der Waals surface area contributed by atoms with E-state index in [-0.39, 0.29) is 6.61 Å². The van der Waals surface area contributed by atoms with Gasteiger partial charge in [-0.2, -0.15) is 0 Å². The maximum absolute atomic E-state index is 10.4. The van der Waals surface area contributed by atoms with Gasteiger partial charge in [0.25, 0.3) is 0 Å². The van der Waals surface area contributed by atoms with Gasteiger partial charge in [-0.1, -0.05) is 25.7 Å². The number of hydrogen-bond acceptors (Lipinski definition) is 4. The number of aliphatic hydroxyl groups is 2. The Morgan fingerprint density at radius 3 is 2.14 bits per heavy atom. The zero-order valence-electron chi connectivity index (χ0n) is 13.4. The Morgan fingerprint density at radius 1 is 0.952 bits per heavy atom. The molecule has 0 bridgehead atoms. The van der Waals surface area contributed by atoms with Gasteiger partial charge >= 0.3 is 0 Å². The molecule has 21 heavy (non-hydrogen) atoms. The molecule has 0 saturated carbocycles. The highest BCUT2D eigenvalue weighted by Gasteiger charge is 2.14. The van der Waals surface area contributed by atoms with Crippen molar-refractivity contribution in [3.05, 3.63) is 23.3 Å². The molecule has 2 N–H and O–H groups in total. The lowest BCUT2D eigenvalue weighted by Gasteiger charge is -2.17. The van der Waals surface area contributed by atoms with Crippen LogP contribution in [0.25, 0.3) is 0 Å². The second kappa shape index (κ2) is 9.64. The topological polar surface area (TPSA) is 58.9 Å². The zero-order chi connectivity index (χ0) is 15.7. The third-order valence-corrected chi connectivity index (χ3v) is 3.77. The van der Waals surface area contributed by atoms with Crippen LogP contribution in [0.5, 0.6) is 11.5 Å². The lowest BCUT2D eigenvalue weighted by molar-refractivity contribution is 0.162. The molecule has 0 heterocycles. The molecule has 0 fully saturated rings. The van der Waals surface area contributed by atoms with Crippen LogP contribution in [0.3, 0.4) is 0 Å². The average molecular weight is 296 g/mol. The van der Waals surface area contributed by atoms with Crippen LogP contribution in [0.1, 0.15) is 55.8 Å². The smallest absolute Gasteiger partial charge is 0.161 e. The van der Waals surface area contributed by atoms with E-state index in [1.54, 1.807) is 14.2 Å². The fraction of sp³-hybridized carbons (Fsp3) is 0.647. The molecule has 1 aromatic rings. The summed E-state index contributed by atoms with van der Waals surface area (Å²) in [6, 6.07) is 3.77. The summed E-state index contributed by atoms with van der Waals surface area (Å²) in [7, 11) is 3.21. The van der Waals surface area contributed by atoms with Crippen molar-refractivity contribution in [3.63, 3.8) is 0 Å².